The van der Waals surface area contributed by atoms with Gasteiger partial charge in [-0.25, -0.2) is 0 Å². The van der Waals surface area contributed by atoms with Crippen molar-refractivity contribution in [2.45, 2.75) is 76.6 Å². The van der Waals surface area contributed by atoms with E-state index in [2.05, 4.69) is 6.92 Å². The molecule has 0 amide bonds. The topological polar surface area (TPSA) is 98.0 Å². The first kappa shape index (κ1) is 18.6. The Morgan fingerprint density at radius 2 is 1.96 bits per heavy atom. The van der Waals surface area contributed by atoms with E-state index in [4.69, 9.17) is 0 Å². The summed E-state index contributed by atoms with van der Waals surface area (Å²) >= 11 is 0. The summed E-state index contributed by atoms with van der Waals surface area (Å²) in [5.74, 6) is 0.798. The van der Waals surface area contributed by atoms with Crippen molar-refractivity contribution in [1.82, 2.24) is 0 Å². The maximum atomic E-state index is 11.9. The number of ketones is 1. The molecule has 0 aromatic carbocycles. The third-order valence-corrected chi connectivity index (χ3v) is 8.84. The summed E-state index contributed by atoms with van der Waals surface area (Å²) in [5, 5.41) is 42.3. The molecular weight excluding hydrogens is 332 g/mol. The number of carbonyl (C=O) groups excluding carboxylic acids is 1. The van der Waals surface area contributed by atoms with Gasteiger partial charge in [-0.2, -0.15) is 0 Å². The van der Waals surface area contributed by atoms with Gasteiger partial charge >= 0.3 is 0 Å². The molecule has 0 bridgehead atoms. The summed E-state index contributed by atoms with van der Waals surface area (Å²) in [6, 6.07) is 0. The number of hydrogen-bond donors (Lipinski definition) is 4. The van der Waals surface area contributed by atoms with Crippen LogP contribution in [0.15, 0.2) is 11.6 Å². The zero-order valence-electron chi connectivity index (χ0n) is 15.8. The lowest BCUT2D eigenvalue weighted by Gasteiger charge is -2.61. The Bertz CT molecular complexity index is 644. The van der Waals surface area contributed by atoms with E-state index in [1.165, 1.54) is 5.57 Å². The first-order valence-electron chi connectivity index (χ1n) is 10.1. The van der Waals surface area contributed by atoms with Crippen molar-refractivity contribution in [2.24, 2.45) is 28.6 Å². The molecule has 0 spiro atoms. The average molecular weight is 364 g/mol. The first-order valence-corrected chi connectivity index (χ1v) is 10.1. The van der Waals surface area contributed by atoms with Gasteiger partial charge in [-0.3, -0.25) is 4.79 Å². The molecule has 1 unspecified atom stereocenters. The van der Waals surface area contributed by atoms with Crippen LogP contribution in [0.4, 0.5) is 0 Å². The molecular formula is C21H32O5. The van der Waals surface area contributed by atoms with Crippen LogP contribution in [-0.4, -0.2) is 50.6 Å². The molecule has 146 valence electrons. The molecule has 0 heterocycles. The van der Waals surface area contributed by atoms with Crippen LogP contribution < -0.4 is 0 Å². The fraction of sp³-hybridized carbons (Fsp3) is 0.857. The second-order valence-corrected chi connectivity index (χ2v) is 9.74. The molecule has 5 heteroatoms. The van der Waals surface area contributed by atoms with Crippen molar-refractivity contribution in [3.8, 4) is 0 Å². The van der Waals surface area contributed by atoms with Gasteiger partial charge in [0.15, 0.2) is 5.78 Å². The minimum atomic E-state index is -1.35. The van der Waals surface area contributed by atoms with Crippen LogP contribution in [0.25, 0.3) is 0 Å². The lowest BCUT2D eigenvalue weighted by Crippen LogP contribution is -2.63. The molecule has 0 aromatic rings. The van der Waals surface area contributed by atoms with Gasteiger partial charge in [-0.05, 0) is 67.8 Å². The molecule has 5 nitrogen and oxygen atoms in total. The fourth-order valence-electron chi connectivity index (χ4n) is 7.42. The molecule has 4 N–H and O–H groups in total. The van der Waals surface area contributed by atoms with E-state index in [-0.39, 0.29) is 29.0 Å². The Hall–Kier alpha value is -0.750. The van der Waals surface area contributed by atoms with Gasteiger partial charge in [-0.15, -0.1) is 0 Å². The summed E-state index contributed by atoms with van der Waals surface area (Å²) in [4.78, 5) is 11.9. The molecule has 4 aliphatic carbocycles. The largest absolute Gasteiger partial charge is 0.394 e. The molecule has 0 aromatic heterocycles. The SMILES string of the molecule is C[C@]12CCC(=O)C=C1CC[C@@H]1[C@@H]2[C@@H](O)C[C@@]2(C)[C@H]1CC[C@]2(O)C(O)CO. The number of aliphatic hydroxyl groups is 4. The fourth-order valence-corrected chi connectivity index (χ4v) is 7.42. The molecule has 0 saturated heterocycles. The van der Waals surface area contributed by atoms with Crippen LogP contribution >= 0.6 is 0 Å². The first-order chi connectivity index (χ1) is 12.2. The Balaban J connectivity index is 1.72. The van der Waals surface area contributed by atoms with E-state index in [9.17, 15) is 25.2 Å². The molecule has 4 rings (SSSR count). The van der Waals surface area contributed by atoms with Crippen LogP contribution in [0.2, 0.25) is 0 Å². The van der Waals surface area contributed by atoms with Gasteiger partial charge in [0.05, 0.1) is 18.3 Å². The number of hydrogen-bond acceptors (Lipinski definition) is 5. The van der Waals surface area contributed by atoms with Crippen molar-refractivity contribution >= 4 is 5.78 Å². The lowest BCUT2D eigenvalue weighted by molar-refractivity contribution is -0.207. The maximum Gasteiger partial charge on any atom is 0.155 e. The lowest BCUT2D eigenvalue weighted by atomic mass is 9.45. The highest BCUT2D eigenvalue weighted by molar-refractivity contribution is 5.91. The maximum absolute atomic E-state index is 11.9. The highest BCUT2D eigenvalue weighted by Crippen LogP contribution is 2.67. The minimum Gasteiger partial charge on any atom is -0.394 e. The zero-order chi connectivity index (χ0) is 18.9. The number of rotatable bonds is 2. The molecule has 0 aliphatic heterocycles. The Labute approximate surface area is 155 Å². The van der Waals surface area contributed by atoms with Gasteiger partial charge in [-0.1, -0.05) is 19.4 Å². The predicted molar refractivity (Wildman–Crippen MR) is 96.1 cm³/mol. The number of aliphatic hydroxyl groups excluding tert-OH is 3. The highest BCUT2D eigenvalue weighted by Gasteiger charge is 2.67. The quantitative estimate of drug-likeness (QED) is 0.596. The van der Waals surface area contributed by atoms with Gasteiger partial charge in [0.2, 0.25) is 0 Å². The van der Waals surface area contributed by atoms with Crippen LogP contribution in [0.5, 0.6) is 0 Å². The van der Waals surface area contributed by atoms with Gasteiger partial charge in [0.1, 0.15) is 6.10 Å². The van der Waals surface area contributed by atoms with E-state index in [0.717, 1.165) is 25.7 Å². The van der Waals surface area contributed by atoms with Crippen molar-refractivity contribution in [1.29, 1.82) is 0 Å². The van der Waals surface area contributed by atoms with Gasteiger partial charge in [0, 0.05) is 11.8 Å². The summed E-state index contributed by atoms with van der Waals surface area (Å²) < 4.78 is 0. The molecule has 4 aliphatic rings. The number of fused-ring (bicyclic) bond motifs is 5. The third-order valence-electron chi connectivity index (χ3n) is 8.84. The average Bonchev–Trinajstić information content (AvgIpc) is 2.86. The number of allylic oxidation sites excluding steroid dienone is 1. The predicted octanol–water partition coefficient (Wildman–Crippen LogP) is 1.57. The van der Waals surface area contributed by atoms with E-state index in [1.54, 1.807) is 0 Å². The highest BCUT2D eigenvalue weighted by atomic mass is 16.4. The van der Waals surface area contributed by atoms with E-state index < -0.39 is 29.8 Å². The minimum absolute atomic E-state index is 0.0993. The molecule has 3 saturated carbocycles. The van der Waals surface area contributed by atoms with E-state index >= 15 is 0 Å². The van der Waals surface area contributed by atoms with Gasteiger partial charge in [0.25, 0.3) is 0 Å². The summed E-state index contributed by atoms with van der Waals surface area (Å²) in [6.45, 7) is 3.73. The second-order valence-electron chi connectivity index (χ2n) is 9.74. The van der Waals surface area contributed by atoms with Gasteiger partial charge < -0.3 is 20.4 Å². The Morgan fingerprint density at radius 1 is 1.23 bits per heavy atom. The Morgan fingerprint density at radius 3 is 2.65 bits per heavy atom. The normalized spacial score (nSPS) is 51.9. The van der Waals surface area contributed by atoms with E-state index in [0.29, 0.717) is 19.3 Å². The standard InChI is InChI=1S/C21H32O5/c1-19-7-5-13(23)9-12(19)3-4-14-15-6-8-21(26,17(25)11-22)20(15,2)10-16(24)18(14)19/h9,14-18,22,24-26H,3-8,10-11H2,1-2H3/t14-,15-,16-,17?,18+,19-,20-,21-/m0/s1. The zero-order valence-corrected chi connectivity index (χ0v) is 15.8. The number of carbonyl (C=O) groups is 1. The van der Waals surface area contributed by atoms with Crippen LogP contribution in [-0.2, 0) is 4.79 Å². The van der Waals surface area contributed by atoms with Crippen molar-refractivity contribution in [3.05, 3.63) is 11.6 Å². The van der Waals surface area contributed by atoms with Crippen LogP contribution in [0.3, 0.4) is 0 Å². The van der Waals surface area contributed by atoms with E-state index in [1.807, 2.05) is 13.0 Å². The third kappa shape index (κ3) is 2.20. The second kappa shape index (κ2) is 5.87. The van der Waals surface area contributed by atoms with Crippen LogP contribution in [0, 0.1) is 28.6 Å². The summed E-state index contributed by atoms with van der Waals surface area (Å²) in [6.07, 6.45) is 4.92. The smallest absolute Gasteiger partial charge is 0.155 e. The van der Waals surface area contributed by atoms with Crippen molar-refractivity contribution in [3.63, 3.8) is 0 Å². The molecule has 26 heavy (non-hydrogen) atoms. The molecule has 0 radical (unpaired) electrons. The molecule has 8 atom stereocenters. The summed E-state index contributed by atoms with van der Waals surface area (Å²) in [7, 11) is 0. The van der Waals surface area contributed by atoms with Crippen molar-refractivity contribution < 1.29 is 25.2 Å². The monoisotopic (exact) mass is 364 g/mol. The summed E-state index contributed by atoms with van der Waals surface area (Å²) in [5.41, 5.74) is -0.898. The molecule has 3 fully saturated rings. The Kier molecular flexibility index (Phi) is 4.20. The van der Waals surface area contributed by atoms with Crippen molar-refractivity contribution in [2.75, 3.05) is 6.61 Å². The van der Waals surface area contributed by atoms with Crippen LogP contribution in [0.1, 0.15) is 58.8 Å².